The molecule has 6 heteroatoms. The number of aryl methyl sites for hydroxylation is 1. The van der Waals surface area contributed by atoms with Crippen LogP contribution in [0.2, 0.25) is 0 Å². The predicted octanol–water partition coefficient (Wildman–Crippen LogP) is 3.26. The lowest BCUT2D eigenvalue weighted by Gasteiger charge is -2.22. The van der Waals surface area contributed by atoms with Crippen molar-refractivity contribution in [2.24, 2.45) is 0 Å². The summed E-state index contributed by atoms with van der Waals surface area (Å²) >= 11 is 1.88. The number of nitro groups is 1. The van der Waals surface area contributed by atoms with E-state index in [0.29, 0.717) is 11.1 Å². The lowest BCUT2D eigenvalue weighted by atomic mass is 10.1. The van der Waals surface area contributed by atoms with Crippen molar-refractivity contribution in [1.82, 2.24) is 4.90 Å². The summed E-state index contributed by atoms with van der Waals surface area (Å²) in [6.45, 7) is 7.51. The van der Waals surface area contributed by atoms with Crippen molar-refractivity contribution in [3.8, 4) is 0 Å². The lowest BCUT2D eigenvalue weighted by molar-refractivity contribution is -0.385. The van der Waals surface area contributed by atoms with Gasteiger partial charge in [-0.15, -0.1) is 0 Å². The Hall–Kier alpha value is -1.56. The Bertz CT molecular complexity index is 572. The zero-order chi connectivity index (χ0) is 15.6. The van der Waals surface area contributed by atoms with Crippen LogP contribution in [0, 0.1) is 17.0 Å². The van der Waals surface area contributed by atoms with Crippen LogP contribution in [0.4, 0.5) is 5.69 Å². The molecule has 0 aromatic heterocycles. The molecular formula is C15H20N2O3S. The summed E-state index contributed by atoms with van der Waals surface area (Å²) in [5, 5.41) is 10.8. The van der Waals surface area contributed by atoms with Crippen LogP contribution in [-0.2, 0) is 0 Å². The molecule has 0 radical (unpaired) electrons. The fourth-order valence-corrected chi connectivity index (χ4v) is 3.50. The van der Waals surface area contributed by atoms with Crippen molar-refractivity contribution < 1.29 is 9.72 Å². The SMILES string of the molecule is Cc1cc(C(=O)N2CCSC(C)(C)CC2)ccc1[N+](=O)[O-]. The highest BCUT2D eigenvalue weighted by atomic mass is 32.2. The van der Waals surface area contributed by atoms with Gasteiger partial charge in [0.25, 0.3) is 11.6 Å². The average Bonchev–Trinajstić information content (AvgIpc) is 2.58. The van der Waals surface area contributed by atoms with Crippen molar-refractivity contribution in [3.05, 3.63) is 39.4 Å². The molecule has 1 heterocycles. The minimum atomic E-state index is -0.422. The number of nitro benzene ring substituents is 1. The molecule has 0 N–H and O–H groups in total. The van der Waals surface area contributed by atoms with Crippen molar-refractivity contribution in [2.75, 3.05) is 18.8 Å². The smallest absolute Gasteiger partial charge is 0.272 e. The molecule has 5 nitrogen and oxygen atoms in total. The Morgan fingerprint density at radius 2 is 2.10 bits per heavy atom. The zero-order valence-corrected chi connectivity index (χ0v) is 13.4. The van der Waals surface area contributed by atoms with E-state index in [1.807, 2.05) is 16.7 Å². The molecule has 1 saturated heterocycles. The third kappa shape index (κ3) is 3.75. The highest BCUT2D eigenvalue weighted by Crippen LogP contribution is 2.31. The highest BCUT2D eigenvalue weighted by Gasteiger charge is 2.26. The number of nitrogens with zero attached hydrogens (tertiary/aromatic N) is 2. The molecule has 0 aliphatic carbocycles. The molecule has 1 aliphatic rings. The monoisotopic (exact) mass is 308 g/mol. The molecule has 0 atom stereocenters. The van der Waals surface area contributed by atoms with Crippen LogP contribution >= 0.6 is 11.8 Å². The van der Waals surface area contributed by atoms with Gasteiger partial charge in [-0.1, -0.05) is 13.8 Å². The average molecular weight is 308 g/mol. The molecule has 1 aromatic carbocycles. The standard InChI is InChI=1S/C15H20N2O3S/c1-11-10-12(4-5-13(11)17(19)20)14(18)16-7-6-15(2,3)21-9-8-16/h4-5,10H,6-9H2,1-3H3. The number of hydrogen-bond donors (Lipinski definition) is 0. The zero-order valence-electron chi connectivity index (χ0n) is 12.6. The van der Waals surface area contributed by atoms with Crippen molar-refractivity contribution in [3.63, 3.8) is 0 Å². The van der Waals surface area contributed by atoms with E-state index >= 15 is 0 Å². The van der Waals surface area contributed by atoms with Crippen LogP contribution in [0.5, 0.6) is 0 Å². The summed E-state index contributed by atoms with van der Waals surface area (Å²) < 4.78 is 0.195. The van der Waals surface area contributed by atoms with E-state index in [0.717, 1.165) is 25.3 Å². The third-order valence-electron chi connectivity index (χ3n) is 3.77. The molecule has 21 heavy (non-hydrogen) atoms. The van der Waals surface area contributed by atoms with Gasteiger partial charge in [0, 0.05) is 40.8 Å². The van der Waals surface area contributed by atoms with Gasteiger partial charge in [0.05, 0.1) is 4.92 Å². The maximum absolute atomic E-state index is 12.5. The quantitative estimate of drug-likeness (QED) is 0.621. The van der Waals surface area contributed by atoms with Gasteiger partial charge in [-0.25, -0.2) is 0 Å². The van der Waals surface area contributed by atoms with Gasteiger partial charge in [0.2, 0.25) is 0 Å². The summed E-state index contributed by atoms with van der Waals surface area (Å²) in [7, 11) is 0. The van der Waals surface area contributed by atoms with Crippen molar-refractivity contribution in [1.29, 1.82) is 0 Å². The first-order chi connectivity index (χ1) is 9.80. The number of thioether (sulfide) groups is 1. The van der Waals surface area contributed by atoms with Crippen LogP contribution < -0.4 is 0 Å². The van der Waals surface area contributed by atoms with Gasteiger partial charge >= 0.3 is 0 Å². The molecule has 1 aromatic rings. The Labute approximate surface area is 128 Å². The van der Waals surface area contributed by atoms with Crippen LogP contribution in [-0.4, -0.2) is 39.3 Å². The minimum absolute atomic E-state index is 0.0358. The molecule has 0 unspecified atom stereocenters. The first-order valence-corrected chi connectivity index (χ1v) is 7.97. The maximum Gasteiger partial charge on any atom is 0.272 e. The highest BCUT2D eigenvalue weighted by molar-refractivity contribution is 8.00. The largest absolute Gasteiger partial charge is 0.338 e. The summed E-state index contributed by atoms with van der Waals surface area (Å²) in [5.41, 5.74) is 1.11. The number of hydrogen-bond acceptors (Lipinski definition) is 4. The first-order valence-electron chi connectivity index (χ1n) is 6.98. The van der Waals surface area contributed by atoms with E-state index in [-0.39, 0.29) is 16.3 Å². The van der Waals surface area contributed by atoms with Crippen LogP contribution in [0.15, 0.2) is 18.2 Å². The fourth-order valence-electron chi connectivity index (χ4n) is 2.40. The van der Waals surface area contributed by atoms with Crippen molar-refractivity contribution in [2.45, 2.75) is 31.9 Å². The molecule has 2 rings (SSSR count). The van der Waals surface area contributed by atoms with Crippen LogP contribution in [0.1, 0.15) is 36.2 Å². The molecule has 1 amide bonds. The van der Waals surface area contributed by atoms with Gasteiger partial charge < -0.3 is 4.90 Å². The first kappa shape index (κ1) is 15.8. The van der Waals surface area contributed by atoms with E-state index < -0.39 is 4.92 Å². The second kappa shape index (κ2) is 6.05. The Morgan fingerprint density at radius 1 is 1.38 bits per heavy atom. The van der Waals surface area contributed by atoms with E-state index in [1.54, 1.807) is 19.1 Å². The second-order valence-electron chi connectivity index (χ2n) is 5.91. The lowest BCUT2D eigenvalue weighted by Crippen LogP contribution is -2.33. The molecule has 0 bridgehead atoms. The van der Waals surface area contributed by atoms with Crippen LogP contribution in [0.3, 0.4) is 0 Å². The Morgan fingerprint density at radius 3 is 2.71 bits per heavy atom. The summed E-state index contributed by atoms with van der Waals surface area (Å²) in [4.78, 5) is 24.8. The third-order valence-corrected chi connectivity index (χ3v) is 5.14. The van der Waals surface area contributed by atoms with E-state index in [9.17, 15) is 14.9 Å². The molecule has 0 spiro atoms. The predicted molar refractivity (Wildman–Crippen MR) is 84.9 cm³/mol. The number of rotatable bonds is 2. The van der Waals surface area contributed by atoms with Crippen molar-refractivity contribution >= 4 is 23.4 Å². The van der Waals surface area contributed by atoms with Gasteiger partial charge in [-0.2, -0.15) is 11.8 Å². The topological polar surface area (TPSA) is 63.5 Å². The molecule has 114 valence electrons. The van der Waals surface area contributed by atoms with Gasteiger partial charge in [0.1, 0.15) is 0 Å². The molecule has 1 aliphatic heterocycles. The van der Waals surface area contributed by atoms with Crippen LogP contribution in [0.25, 0.3) is 0 Å². The Balaban J connectivity index is 2.16. The molecule has 0 saturated carbocycles. The normalized spacial score (nSPS) is 18.1. The van der Waals surface area contributed by atoms with Gasteiger partial charge in [-0.3, -0.25) is 14.9 Å². The summed E-state index contributed by atoms with van der Waals surface area (Å²) in [5.74, 6) is 0.885. The minimum Gasteiger partial charge on any atom is -0.338 e. The Kier molecular flexibility index (Phi) is 4.56. The number of amides is 1. The molecule has 1 fully saturated rings. The molecular weight excluding hydrogens is 288 g/mol. The number of benzene rings is 1. The van der Waals surface area contributed by atoms with E-state index in [2.05, 4.69) is 13.8 Å². The number of carbonyl (C=O) groups is 1. The van der Waals surface area contributed by atoms with Gasteiger partial charge in [0.15, 0.2) is 0 Å². The second-order valence-corrected chi connectivity index (χ2v) is 7.71. The summed E-state index contributed by atoms with van der Waals surface area (Å²) in [6, 6.07) is 4.58. The number of carbonyl (C=O) groups excluding carboxylic acids is 1. The van der Waals surface area contributed by atoms with E-state index in [1.165, 1.54) is 6.07 Å². The maximum atomic E-state index is 12.5. The van der Waals surface area contributed by atoms with E-state index in [4.69, 9.17) is 0 Å². The fraction of sp³-hybridized carbons (Fsp3) is 0.533. The summed E-state index contributed by atoms with van der Waals surface area (Å²) in [6.07, 6.45) is 0.954. The van der Waals surface area contributed by atoms with Gasteiger partial charge in [-0.05, 0) is 25.5 Å².